The highest BCUT2D eigenvalue weighted by molar-refractivity contribution is 5.92. The average molecular weight is 410 g/mol. The van der Waals surface area contributed by atoms with Crippen LogP contribution in [0.5, 0.6) is 5.75 Å². The van der Waals surface area contributed by atoms with Crippen LogP contribution < -0.4 is 15.4 Å². The first kappa shape index (κ1) is 22.1. The maximum Gasteiger partial charge on any atom is 0.573 e. The zero-order chi connectivity index (χ0) is 21.3. The van der Waals surface area contributed by atoms with Gasteiger partial charge < -0.3 is 20.1 Å². The number of amides is 2. The molecular weight excluding hydrogens is 389 g/mol. The van der Waals surface area contributed by atoms with Gasteiger partial charge in [-0.15, -0.1) is 13.2 Å². The molecule has 2 aromatic carbocycles. The Morgan fingerprint density at radius 2 is 1.72 bits per heavy atom. The van der Waals surface area contributed by atoms with E-state index < -0.39 is 18.4 Å². The second-order valence-electron chi connectivity index (χ2n) is 6.03. The quantitative estimate of drug-likeness (QED) is 0.481. The molecule has 6 nitrogen and oxygen atoms in total. The zero-order valence-corrected chi connectivity index (χ0v) is 15.7. The molecule has 0 saturated heterocycles. The Hall–Kier alpha value is -3.23. The van der Waals surface area contributed by atoms with E-state index in [1.165, 1.54) is 48.5 Å². The minimum atomic E-state index is -4.82. The van der Waals surface area contributed by atoms with Crippen LogP contribution >= 0.6 is 0 Å². The van der Waals surface area contributed by atoms with Crippen LogP contribution in [0.4, 0.5) is 23.7 Å². The first-order chi connectivity index (χ1) is 13.8. The number of benzene rings is 2. The molecule has 0 aliphatic carbocycles. The monoisotopic (exact) mass is 410 g/mol. The summed E-state index contributed by atoms with van der Waals surface area (Å²) in [6, 6.07) is 11.0. The van der Waals surface area contributed by atoms with Crippen molar-refractivity contribution < 1.29 is 32.2 Å². The third kappa shape index (κ3) is 7.73. The molecule has 0 spiro atoms. The second-order valence-corrected chi connectivity index (χ2v) is 6.03. The highest BCUT2D eigenvalue weighted by atomic mass is 19.4. The van der Waals surface area contributed by atoms with Gasteiger partial charge in [0, 0.05) is 17.8 Å². The summed E-state index contributed by atoms with van der Waals surface area (Å²) < 4.78 is 46.3. The number of nitrogens with one attached hydrogen (secondary N) is 2. The molecule has 0 unspecified atom stereocenters. The SMILES string of the molecule is CCCCOC(=O)c1ccc(NC(=O)NCc2ccccc2OC(F)(F)F)cc1. The third-order valence-electron chi connectivity index (χ3n) is 3.75. The maximum atomic E-state index is 12.4. The van der Waals surface area contributed by atoms with Crippen molar-refractivity contribution in [1.29, 1.82) is 0 Å². The summed E-state index contributed by atoms with van der Waals surface area (Å²) in [7, 11) is 0. The molecule has 0 atom stereocenters. The largest absolute Gasteiger partial charge is 0.573 e. The fraction of sp³-hybridized carbons (Fsp3) is 0.300. The van der Waals surface area contributed by atoms with Gasteiger partial charge in [0.05, 0.1) is 12.2 Å². The van der Waals surface area contributed by atoms with Gasteiger partial charge in [-0.25, -0.2) is 9.59 Å². The van der Waals surface area contributed by atoms with Crippen LogP contribution in [-0.4, -0.2) is 25.0 Å². The first-order valence-corrected chi connectivity index (χ1v) is 8.94. The molecule has 2 amide bonds. The van der Waals surface area contributed by atoms with Gasteiger partial charge in [0.25, 0.3) is 0 Å². The van der Waals surface area contributed by atoms with E-state index in [9.17, 15) is 22.8 Å². The zero-order valence-electron chi connectivity index (χ0n) is 15.7. The molecule has 156 valence electrons. The number of rotatable bonds is 8. The first-order valence-electron chi connectivity index (χ1n) is 8.94. The van der Waals surface area contributed by atoms with E-state index in [-0.39, 0.29) is 17.9 Å². The van der Waals surface area contributed by atoms with Crippen molar-refractivity contribution in [2.75, 3.05) is 11.9 Å². The Balaban J connectivity index is 1.88. The van der Waals surface area contributed by atoms with E-state index >= 15 is 0 Å². The number of hydrogen-bond donors (Lipinski definition) is 2. The molecule has 0 heterocycles. The van der Waals surface area contributed by atoms with E-state index in [1.807, 2.05) is 6.92 Å². The predicted molar refractivity (Wildman–Crippen MR) is 101 cm³/mol. The molecule has 0 aromatic heterocycles. The summed E-state index contributed by atoms with van der Waals surface area (Å²) in [5, 5.41) is 4.99. The summed E-state index contributed by atoms with van der Waals surface area (Å²) in [5.41, 5.74) is 0.933. The molecule has 29 heavy (non-hydrogen) atoms. The fourth-order valence-corrected chi connectivity index (χ4v) is 2.31. The summed E-state index contributed by atoms with van der Waals surface area (Å²) >= 11 is 0. The number of para-hydroxylation sites is 1. The minimum absolute atomic E-state index is 0.167. The van der Waals surface area contributed by atoms with Gasteiger partial charge in [0.2, 0.25) is 0 Å². The Morgan fingerprint density at radius 3 is 2.38 bits per heavy atom. The molecular formula is C20H21F3N2O4. The van der Waals surface area contributed by atoms with Gasteiger partial charge in [0.15, 0.2) is 0 Å². The standard InChI is InChI=1S/C20H21F3N2O4/c1-2-3-12-28-18(26)14-8-10-16(11-9-14)25-19(27)24-13-15-6-4-5-7-17(15)29-20(21,22)23/h4-11H,2-3,12-13H2,1H3,(H2,24,25,27). The lowest BCUT2D eigenvalue weighted by Crippen LogP contribution is -2.28. The number of ether oxygens (including phenoxy) is 2. The van der Waals surface area contributed by atoms with Crippen molar-refractivity contribution >= 4 is 17.7 Å². The van der Waals surface area contributed by atoms with Crippen LogP contribution in [0.3, 0.4) is 0 Å². The highest BCUT2D eigenvalue weighted by Crippen LogP contribution is 2.26. The molecule has 9 heteroatoms. The van der Waals surface area contributed by atoms with Crippen LogP contribution in [-0.2, 0) is 11.3 Å². The van der Waals surface area contributed by atoms with Crippen molar-refractivity contribution in [3.05, 3.63) is 59.7 Å². The van der Waals surface area contributed by atoms with Crippen LogP contribution in [0.1, 0.15) is 35.7 Å². The van der Waals surface area contributed by atoms with Crippen LogP contribution in [0.25, 0.3) is 0 Å². The summed E-state index contributed by atoms with van der Waals surface area (Å²) in [6.07, 6.45) is -3.13. The number of carbonyl (C=O) groups is 2. The predicted octanol–water partition coefficient (Wildman–Crippen LogP) is 4.86. The molecule has 2 rings (SSSR count). The van der Waals surface area contributed by atoms with Gasteiger partial charge in [0.1, 0.15) is 5.75 Å². The average Bonchev–Trinajstić information content (AvgIpc) is 2.67. The Labute approximate surface area is 166 Å². The van der Waals surface area contributed by atoms with E-state index in [0.717, 1.165) is 12.8 Å². The van der Waals surface area contributed by atoms with E-state index in [1.54, 1.807) is 0 Å². The Morgan fingerprint density at radius 1 is 1.03 bits per heavy atom. The lowest BCUT2D eigenvalue weighted by atomic mass is 10.2. The topological polar surface area (TPSA) is 76.7 Å². The molecule has 0 saturated carbocycles. The van der Waals surface area contributed by atoms with E-state index in [2.05, 4.69) is 15.4 Å². The number of alkyl halides is 3. The number of hydrogen-bond acceptors (Lipinski definition) is 4. The van der Waals surface area contributed by atoms with Crippen molar-refractivity contribution in [3.63, 3.8) is 0 Å². The lowest BCUT2D eigenvalue weighted by molar-refractivity contribution is -0.274. The molecule has 0 aliphatic rings. The Kier molecular flexibility index (Phi) is 7.88. The van der Waals surface area contributed by atoms with Crippen LogP contribution in [0.15, 0.2) is 48.5 Å². The maximum absolute atomic E-state index is 12.4. The molecule has 0 radical (unpaired) electrons. The number of halogens is 3. The van der Waals surface area contributed by atoms with Gasteiger partial charge in [-0.3, -0.25) is 0 Å². The normalized spacial score (nSPS) is 10.9. The molecule has 0 aliphatic heterocycles. The van der Waals surface area contributed by atoms with Crippen molar-refractivity contribution in [2.24, 2.45) is 0 Å². The van der Waals surface area contributed by atoms with Gasteiger partial charge >= 0.3 is 18.4 Å². The number of esters is 1. The summed E-state index contributed by atoms with van der Waals surface area (Å²) in [4.78, 5) is 23.8. The molecule has 0 fully saturated rings. The smallest absolute Gasteiger partial charge is 0.462 e. The molecule has 2 aromatic rings. The number of anilines is 1. The van der Waals surface area contributed by atoms with Gasteiger partial charge in [-0.05, 0) is 36.8 Å². The molecule has 0 bridgehead atoms. The number of carbonyl (C=O) groups excluding carboxylic acids is 2. The van der Waals surface area contributed by atoms with Crippen molar-refractivity contribution in [3.8, 4) is 5.75 Å². The highest BCUT2D eigenvalue weighted by Gasteiger charge is 2.31. The number of unbranched alkanes of at least 4 members (excludes halogenated alkanes) is 1. The van der Waals surface area contributed by atoms with Crippen molar-refractivity contribution in [1.82, 2.24) is 5.32 Å². The van der Waals surface area contributed by atoms with Gasteiger partial charge in [-0.2, -0.15) is 0 Å². The summed E-state index contributed by atoms with van der Waals surface area (Å²) in [6.45, 7) is 2.17. The number of urea groups is 1. The van der Waals surface area contributed by atoms with E-state index in [4.69, 9.17) is 4.74 Å². The fourth-order valence-electron chi connectivity index (χ4n) is 2.31. The lowest BCUT2D eigenvalue weighted by Gasteiger charge is -2.14. The van der Waals surface area contributed by atoms with Crippen molar-refractivity contribution in [2.45, 2.75) is 32.7 Å². The molecule has 2 N–H and O–H groups in total. The third-order valence-corrected chi connectivity index (χ3v) is 3.75. The van der Waals surface area contributed by atoms with E-state index in [0.29, 0.717) is 17.9 Å². The van der Waals surface area contributed by atoms with Crippen LogP contribution in [0.2, 0.25) is 0 Å². The minimum Gasteiger partial charge on any atom is -0.462 e. The van der Waals surface area contributed by atoms with Gasteiger partial charge in [-0.1, -0.05) is 31.5 Å². The van der Waals surface area contributed by atoms with Crippen LogP contribution in [0, 0.1) is 0 Å². The second kappa shape index (κ2) is 10.4. The Bertz CT molecular complexity index is 823. The summed E-state index contributed by atoms with van der Waals surface area (Å²) in [5.74, 6) is -0.832.